The fourth-order valence-electron chi connectivity index (χ4n) is 1.89. The fourth-order valence-corrected chi connectivity index (χ4v) is 1.89. The van der Waals surface area contributed by atoms with Gasteiger partial charge in [-0.3, -0.25) is 0 Å². The van der Waals surface area contributed by atoms with Gasteiger partial charge in [0.25, 0.3) is 5.89 Å². The average molecular weight is 266 g/mol. The Bertz CT molecular complexity index is 793. The molecule has 0 unspecified atom stereocenters. The minimum absolute atomic E-state index is 0.179. The van der Waals surface area contributed by atoms with Crippen LogP contribution in [0.5, 0.6) is 5.75 Å². The van der Waals surface area contributed by atoms with Crippen LogP contribution >= 0.6 is 0 Å². The topological polar surface area (TPSA) is 87.9 Å². The highest BCUT2D eigenvalue weighted by molar-refractivity contribution is 5.60. The Morgan fingerprint density at radius 1 is 1.30 bits per heavy atom. The number of nitrogens with zero attached hydrogens (tertiary/aromatic N) is 4. The van der Waals surface area contributed by atoms with Crippen LogP contribution in [0.25, 0.3) is 23.0 Å². The molecule has 2 heterocycles. The van der Waals surface area contributed by atoms with Crippen LogP contribution in [-0.4, -0.2) is 19.8 Å². The molecular formula is C14H10N4O2. The van der Waals surface area contributed by atoms with E-state index in [1.165, 1.54) is 0 Å². The molecule has 0 aliphatic rings. The zero-order valence-electron chi connectivity index (χ0n) is 10.6. The molecule has 20 heavy (non-hydrogen) atoms. The Balaban J connectivity index is 1.99. The van der Waals surface area contributed by atoms with Crippen molar-refractivity contribution < 1.29 is 9.63 Å². The van der Waals surface area contributed by atoms with E-state index in [2.05, 4.69) is 16.2 Å². The van der Waals surface area contributed by atoms with Gasteiger partial charge in [-0.15, -0.1) is 0 Å². The quantitative estimate of drug-likeness (QED) is 0.769. The summed E-state index contributed by atoms with van der Waals surface area (Å²) in [4.78, 5) is 4.30. The van der Waals surface area contributed by atoms with Crippen LogP contribution in [-0.2, 0) is 7.05 Å². The molecular weight excluding hydrogens is 256 g/mol. The molecule has 1 aromatic carbocycles. The molecule has 1 N–H and O–H groups in total. The number of nitriles is 1. The molecule has 0 radical (unpaired) electrons. The highest BCUT2D eigenvalue weighted by Crippen LogP contribution is 2.24. The first-order chi connectivity index (χ1) is 9.67. The third kappa shape index (κ3) is 2.01. The predicted molar refractivity (Wildman–Crippen MR) is 70.5 cm³/mol. The lowest BCUT2D eigenvalue weighted by Gasteiger charge is -1.95. The van der Waals surface area contributed by atoms with Crippen LogP contribution in [0.15, 0.2) is 41.1 Å². The maximum absolute atomic E-state index is 9.25. The second-order valence-corrected chi connectivity index (χ2v) is 4.31. The lowest BCUT2D eigenvalue weighted by Crippen LogP contribution is -1.89. The number of aromatic hydroxyl groups is 1. The largest absolute Gasteiger partial charge is 0.508 e. The van der Waals surface area contributed by atoms with E-state index in [9.17, 15) is 5.11 Å². The lowest BCUT2D eigenvalue weighted by atomic mass is 10.2. The number of aryl methyl sites for hydroxylation is 1. The van der Waals surface area contributed by atoms with E-state index in [0.29, 0.717) is 23.0 Å². The summed E-state index contributed by atoms with van der Waals surface area (Å²) < 4.78 is 6.98. The van der Waals surface area contributed by atoms with E-state index in [4.69, 9.17) is 9.78 Å². The first kappa shape index (κ1) is 12.0. The number of aromatic nitrogens is 3. The van der Waals surface area contributed by atoms with Gasteiger partial charge in [-0.1, -0.05) is 5.16 Å². The van der Waals surface area contributed by atoms with E-state index in [1.54, 1.807) is 48.1 Å². The van der Waals surface area contributed by atoms with Crippen molar-refractivity contribution in [2.24, 2.45) is 7.05 Å². The minimum Gasteiger partial charge on any atom is -0.508 e. The Labute approximate surface area is 114 Å². The summed E-state index contributed by atoms with van der Waals surface area (Å²) in [6.07, 6.45) is 1.69. The normalized spacial score (nSPS) is 10.4. The van der Waals surface area contributed by atoms with Crippen molar-refractivity contribution in [3.8, 4) is 34.8 Å². The SMILES string of the molecule is Cn1cc(C#N)cc1-c1nc(-c2ccc(O)cc2)no1. The third-order valence-corrected chi connectivity index (χ3v) is 2.90. The Morgan fingerprint density at radius 3 is 2.70 bits per heavy atom. The molecule has 98 valence electrons. The predicted octanol–water partition coefficient (Wildman–Crippen LogP) is 2.32. The molecule has 6 heteroatoms. The Morgan fingerprint density at radius 2 is 2.05 bits per heavy atom. The van der Waals surface area contributed by atoms with Gasteiger partial charge in [-0.05, 0) is 30.3 Å². The maximum atomic E-state index is 9.25. The molecule has 3 aromatic rings. The van der Waals surface area contributed by atoms with Crippen LogP contribution in [0.2, 0.25) is 0 Å². The lowest BCUT2D eigenvalue weighted by molar-refractivity contribution is 0.429. The van der Waals surface area contributed by atoms with E-state index < -0.39 is 0 Å². The Kier molecular flexibility index (Phi) is 2.73. The molecule has 0 aliphatic heterocycles. The van der Waals surface area contributed by atoms with Crippen LogP contribution in [0.3, 0.4) is 0 Å². The van der Waals surface area contributed by atoms with E-state index in [-0.39, 0.29) is 5.75 Å². The van der Waals surface area contributed by atoms with Gasteiger partial charge in [0, 0.05) is 18.8 Å². The summed E-state index contributed by atoms with van der Waals surface area (Å²) >= 11 is 0. The second kappa shape index (κ2) is 4.55. The summed E-state index contributed by atoms with van der Waals surface area (Å²) in [5, 5.41) is 22.0. The summed E-state index contributed by atoms with van der Waals surface area (Å²) in [5.74, 6) is 0.954. The molecule has 0 spiro atoms. The summed E-state index contributed by atoms with van der Waals surface area (Å²) in [6, 6.07) is 10.3. The zero-order valence-corrected chi connectivity index (χ0v) is 10.6. The van der Waals surface area contributed by atoms with Crippen molar-refractivity contribution in [2.45, 2.75) is 0 Å². The van der Waals surface area contributed by atoms with Crippen molar-refractivity contribution >= 4 is 0 Å². The smallest absolute Gasteiger partial charge is 0.274 e. The molecule has 0 atom stereocenters. The van der Waals surface area contributed by atoms with Gasteiger partial charge >= 0.3 is 0 Å². The fraction of sp³-hybridized carbons (Fsp3) is 0.0714. The highest BCUT2D eigenvalue weighted by atomic mass is 16.5. The van der Waals surface area contributed by atoms with E-state index >= 15 is 0 Å². The van der Waals surface area contributed by atoms with Crippen molar-refractivity contribution in [3.05, 3.63) is 42.1 Å². The van der Waals surface area contributed by atoms with Crippen LogP contribution in [0.4, 0.5) is 0 Å². The van der Waals surface area contributed by atoms with Crippen LogP contribution in [0, 0.1) is 11.3 Å². The minimum atomic E-state index is 0.179. The van der Waals surface area contributed by atoms with E-state index in [1.807, 2.05) is 0 Å². The number of phenolic OH excluding ortho intramolecular Hbond substituents is 1. The second-order valence-electron chi connectivity index (χ2n) is 4.31. The first-order valence-electron chi connectivity index (χ1n) is 5.87. The average Bonchev–Trinajstić information content (AvgIpc) is 3.06. The first-order valence-corrected chi connectivity index (χ1v) is 5.87. The summed E-state index contributed by atoms with van der Waals surface area (Å²) in [6.45, 7) is 0. The summed E-state index contributed by atoms with van der Waals surface area (Å²) in [7, 11) is 1.81. The number of phenols is 1. The van der Waals surface area contributed by atoms with Gasteiger partial charge in [0.05, 0.1) is 5.56 Å². The molecule has 0 saturated heterocycles. The van der Waals surface area contributed by atoms with Gasteiger partial charge in [-0.25, -0.2) is 0 Å². The molecule has 6 nitrogen and oxygen atoms in total. The van der Waals surface area contributed by atoms with Gasteiger partial charge in [0.2, 0.25) is 5.82 Å². The van der Waals surface area contributed by atoms with Crippen LogP contribution in [0.1, 0.15) is 5.56 Å². The molecule has 0 saturated carbocycles. The summed E-state index contributed by atoms with van der Waals surface area (Å²) in [5.41, 5.74) is 1.96. The van der Waals surface area contributed by atoms with E-state index in [0.717, 1.165) is 5.56 Å². The maximum Gasteiger partial charge on any atom is 0.274 e. The monoisotopic (exact) mass is 266 g/mol. The van der Waals surface area contributed by atoms with Crippen molar-refractivity contribution in [1.82, 2.24) is 14.7 Å². The number of rotatable bonds is 2. The number of benzene rings is 1. The molecule has 0 bridgehead atoms. The van der Waals surface area contributed by atoms with Gasteiger partial charge in [-0.2, -0.15) is 10.2 Å². The highest BCUT2D eigenvalue weighted by Gasteiger charge is 2.14. The standard InChI is InChI=1S/C14H10N4O2/c1-18-8-9(7-15)6-12(18)14-16-13(17-20-14)10-2-4-11(19)5-3-10/h2-6,8,19H,1H3. The van der Waals surface area contributed by atoms with Crippen molar-refractivity contribution in [1.29, 1.82) is 5.26 Å². The zero-order chi connectivity index (χ0) is 14.1. The molecule has 0 fully saturated rings. The van der Waals surface area contributed by atoms with Gasteiger partial charge in [0.1, 0.15) is 17.5 Å². The third-order valence-electron chi connectivity index (χ3n) is 2.90. The molecule has 3 rings (SSSR count). The molecule has 2 aromatic heterocycles. The molecule has 0 amide bonds. The van der Waals surface area contributed by atoms with Crippen LogP contribution < -0.4 is 0 Å². The van der Waals surface area contributed by atoms with Gasteiger partial charge in [0.15, 0.2) is 0 Å². The van der Waals surface area contributed by atoms with Crippen molar-refractivity contribution in [3.63, 3.8) is 0 Å². The van der Waals surface area contributed by atoms with Gasteiger partial charge < -0.3 is 14.2 Å². The Hall–Kier alpha value is -3.07. The molecule has 0 aliphatic carbocycles. The number of hydrogen-bond acceptors (Lipinski definition) is 5. The number of hydrogen-bond donors (Lipinski definition) is 1. The van der Waals surface area contributed by atoms with Crippen molar-refractivity contribution in [2.75, 3.05) is 0 Å².